The van der Waals surface area contributed by atoms with Crippen molar-refractivity contribution in [2.45, 2.75) is 13.8 Å². The lowest BCUT2D eigenvalue weighted by Gasteiger charge is -2.16. The molecule has 0 saturated carbocycles. The summed E-state index contributed by atoms with van der Waals surface area (Å²) in [6.07, 6.45) is 0. The first-order chi connectivity index (χ1) is 14.9. The molecule has 0 aliphatic carbocycles. The number of methoxy groups -OCH3 is 3. The van der Waals surface area contributed by atoms with E-state index in [9.17, 15) is 4.79 Å². The topological polar surface area (TPSA) is 94.6 Å². The van der Waals surface area contributed by atoms with Crippen LogP contribution in [0.3, 0.4) is 0 Å². The number of nitrogens with one attached hydrogen (secondary N) is 2. The summed E-state index contributed by atoms with van der Waals surface area (Å²) in [4.78, 5) is 21.7. The average Bonchev–Trinajstić information content (AvgIpc) is 2.72. The van der Waals surface area contributed by atoms with Crippen LogP contribution in [-0.2, 0) is 0 Å². The number of carbonyl (C=O) groups excluding carboxylic acids is 1. The lowest BCUT2D eigenvalue weighted by atomic mass is 10.1. The lowest BCUT2D eigenvalue weighted by Crippen LogP contribution is -2.14. The van der Waals surface area contributed by atoms with Gasteiger partial charge in [-0.3, -0.25) is 4.79 Å². The van der Waals surface area contributed by atoms with Crippen LogP contribution >= 0.6 is 15.9 Å². The molecule has 0 aliphatic heterocycles. The van der Waals surface area contributed by atoms with Gasteiger partial charge in [-0.1, -0.05) is 6.07 Å². The van der Waals surface area contributed by atoms with E-state index in [1.165, 1.54) is 21.3 Å². The van der Waals surface area contributed by atoms with E-state index in [0.717, 1.165) is 17.1 Å². The molecule has 0 aliphatic rings. The molecule has 0 spiro atoms. The van der Waals surface area contributed by atoms with Gasteiger partial charge in [0.1, 0.15) is 0 Å². The molecule has 3 rings (SSSR count). The molecule has 0 fully saturated rings. The van der Waals surface area contributed by atoms with Gasteiger partial charge in [-0.05, 0) is 60.1 Å². The molecule has 0 radical (unpaired) electrons. The molecular weight excluding hydrogens is 464 g/mol. The van der Waals surface area contributed by atoms with Gasteiger partial charge in [0, 0.05) is 22.8 Å². The minimum Gasteiger partial charge on any atom is -0.493 e. The highest BCUT2D eigenvalue weighted by molar-refractivity contribution is 9.10. The first kappa shape index (κ1) is 22.4. The summed E-state index contributed by atoms with van der Waals surface area (Å²) in [5.74, 6) is 1.30. The fourth-order valence-corrected chi connectivity index (χ4v) is 3.71. The molecular formula is C22H23BrN4O4. The van der Waals surface area contributed by atoms with E-state index >= 15 is 0 Å². The van der Waals surface area contributed by atoms with E-state index in [1.807, 2.05) is 32.0 Å². The van der Waals surface area contributed by atoms with Crippen molar-refractivity contribution in [1.29, 1.82) is 0 Å². The van der Waals surface area contributed by atoms with Gasteiger partial charge in [-0.25, -0.2) is 9.97 Å². The van der Waals surface area contributed by atoms with Gasteiger partial charge in [-0.15, -0.1) is 0 Å². The highest BCUT2D eigenvalue weighted by Gasteiger charge is 2.23. The Hall–Kier alpha value is -3.33. The molecule has 1 aromatic heterocycles. The molecule has 31 heavy (non-hydrogen) atoms. The normalized spacial score (nSPS) is 10.4. The van der Waals surface area contributed by atoms with Crippen molar-refractivity contribution in [2.75, 3.05) is 32.0 Å². The standard InChI is InChI=1S/C22H23BrN4O4/c1-12-9-13(2)25-22(24-12)27-15-8-6-7-14(10-15)26-21(28)16-11-17(29-3)19(30-4)20(31-5)18(16)23/h6-11H,1-5H3,(H,26,28)(H,24,25,27). The minimum atomic E-state index is -0.342. The third-order valence-corrected chi connectivity index (χ3v) is 5.16. The molecule has 2 aromatic carbocycles. The van der Waals surface area contributed by atoms with Gasteiger partial charge in [-0.2, -0.15) is 0 Å². The van der Waals surface area contributed by atoms with Crippen molar-refractivity contribution in [1.82, 2.24) is 9.97 Å². The number of rotatable bonds is 7. The number of hydrogen-bond acceptors (Lipinski definition) is 7. The number of hydrogen-bond donors (Lipinski definition) is 2. The Morgan fingerprint density at radius 3 is 2.16 bits per heavy atom. The number of aromatic nitrogens is 2. The number of amides is 1. The Morgan fingerprint density at radius 2 is 1.55 bits per heavy atom. The predicted molar refractivity (Wildman–Crippen MR) is 123 cm³/mol. The van der Waals surface area contributed by atoms with Crippen molar-refractivity contribution in [2.24, 2.45) is 0 Å². The fraction of sp³-hybridized carbons (Fsp3) is 0.227. The van der Waals surface area contributed by atoms with Crippen LogP contribution in [-0.4, -0.2) is 37.2 Å². The summed E-state index contributed by atoms with van der Waals surface area (Å²) in [6.45, 7) is 3.82. The first-order valence-electron chi connectivity index (χ1n) is 9.35. The van der Waals surface area contributed by atoms with Gasteiger partial charge in [0.25, 0.3) is 5.91 Å². The summed E-state index contributed by atoms with van der Waals surface area (Å²) < 4.78 is 16.6. The molecule has 0 bridgehead atoms. The maximum Gasteiger partial charge on any atom is 0.257 e. The maximum atomic E-state index is 13.0. The Labute approximate surface area is 189 Å². The summed E-state index contributed by atoms with van der Waals surface area (Å²) in [5, 5.41) is 6.05. The smallest absolute Gasteiger partial charge is 0.257 e. The van der Waals surface area contributed by atoms with Gasteiger partial charge in [0.15, 0.2) is 11.5 Å². The second-order valence-corrected chi connectivity index (χ2v) is 7.43. The minimum absolute atomic E-state index is 0.338. The number of benzene rings is 2. The molecule has 2 N–H and O–H groups in total. The Bertz CT molecular complexity index is 1100. The molecule has 0 unspecified atom stereocenters. The van der Waals surface area contributed by atoms with E-state index < -0.39 is 0 Å². The third-order valence-electron chi connectivity index (χ3n) is 4.37. The van der Waals surface area contributed by atoms with Gasteiger partial charge in [0.05, 0.1) is 31.4 Å². The number of halogens is 1. The van der Waals surface area contributed by atoms with Crippen molar-refractivity contribution in [3.63, 3.8) is 0 Å². The van der Waals surface area contributed by atoms with Crippen LogP contribution in [0.5, 0.6) is 17.2 Å². The first-order valence-corrected chi connectivity index (χ1v) is 10.1. The van der Waals surface area contributed by atoms with Crippen LogP contribution in [0.1, 0.15) is 21.7 Å². The van der Waals surface area contributed by atoms with Crippen molar-refractivity contribution in [3.05, 3.63) is 57.8 Å². The van der Waals surface area contributed by atoms with E-state index in [-0.39, 0.29) is 5.91 Å². The van der Waals surface area contributed by atoms with Crippen LogP contribution in [0, 0.1) is 13.8 Å². The molecule has 1 amide bonds. The number of carbonyl (C=O) groups is 1. The monoisotopic (exact) mass is 486 g/mol. The Morgan fingerprint density at radius 1 is 0.903 bits per heavy atom. The maximum absolute atomic E-state index is 13.0. The molecule has 0 atom stereocenters. The molecule has 1 heterocycles. The zero-order valence-corrected chi connectivity index (χ0v) is 19.5. The van der Waals surface area contributed by atoms with E-state index in [2.05, 4.69) is 36.5 Å². The zero-order chi connectivity index (χ0) is 22.5. The molecule has 0 saturated heterocycles. The van der Waals surface area contributed by atoms with Crippen LogP contribution in [0.25, 0.3) is 0 Å². The Balaban J connectivity index is 1.86. The quantitative estimate of drug-likeness (QED) is 0.491. The second-order valence-electron chi connectivity index (χ2n) is 6.64. The van der Waals surface area contributed by atoms with Gasteiger partial charge < -0.3 is 24.8 Å². The second kappa shape index (κ2) is 9.65. The van der Waals surface area contributed by atoms with E-state index in [1.54, 1.807) is 18.2 Å². The number of anilines is 3. The zero-order valence-electron chi connectivity index (χ0n) is 17.9. The van der Waals surface area contributed by atoms with E-state index in [4.69, 9.17) is 14.2 Å². The third kappa shape index (κ3) is 5.05. The average molecular weight is 487 g/mol. The fourth-order valence-electron chi connectivity index (χ4n) is 3.07. The SMILES string of the molecule is COc1cc(C(=O)Nc2cccc(Nc3nc(C)cc(C)n3)c2)c(Br)c(OC)c1OC. The highest BCUT2D eigenvalue weighted by Crippen LogP contribution is 2.44. The molecule has 9 heteroatoms. The van der Waals surface area contributed by atoms with Crippen molar-refractivity contribution in [3.8, 4) is 17.2 Å². The predicted octanol–water partition coefficient (Wildman–Crippen LogP) is 4.88. The van der Waals surface area contributed by atoms with Gasteiger partial charge >= 0.3 is 0 Å². The van der Waals surface area contributed by atoms with Crippen LogP contribution in [0.2, 0.25) is 0 Å². The van der Waals surface area contributed by atoms with Crippen molar-refractivity contribution >= 4 is 39.2 Å². The number of ether oxygens (including phenoxy) is 3. The van der Waals surface area contributed by atoms with Crippen molar-refractivity contribution < 1.29 is 19.0 Å². The summed E-state index contributed by atoms with van der Waals surface area (Å²) in [7, 11) is 4.50. The molecule has 8 nitrogen and oxygen atoms in total. The Kier molecular flexibility index (Phi) is 6.96. The summed E-state index contributed by atoms with van der Waals surface area (Å²) in [5.41, 5.74) is 3.41. The van der Waals surface area contributed by atoms with Crippen LogP contribution < -0.4 is 24.8 Å². The molecule has 162 valence electrons. The lowest BCUT2D eigenvalue weighted by molar-refractivity contribution is 0.102. The largest absolute Gasteiger partial charge is 0.493 e. The molecule has 3 aromatic rings. The number of aryl methyl sites for hydroxylation is 2. The summed E-state index contributed by atoms with van der Waals surface area (Å²) in [6, 6.07) is 10.8. The van der Waals surface area contributed by atoms with Gasteiger partial charge in [0.2, 0.25) is 11.7 Å². The van der Waals surface area contributed by atoms with Crippen LogP contribution in [0.4, 0.5) is 17.3 Å². The summed E-state index contributed by atoms with van der Waals surface area (Å²) >= 11 is 3.43. The van der Waals surface area contributed by atoms with E-state index in [0.29, 0.717) is 38.9 Å². The number of nitrogens with zero attached hydrogens (tertiary/aromatic N) is 2. The van der Waals surface area contributed by atoms with Crippen LogP contribution in [0.15, 0.2) is 40.9 Å². The highest BCUT2D eigenvalue weighted by atomic mass is 79.9.